The van der Waals surface area contributed by atoms with Crippen LogP contribution >= 0.6 is 0 Å². The summed E-state index contributed by atoms with van der Waals surface area (Å²) in [6.07, 6.45) is 13.6. The van der Waals surface area contributed by atoms with Crippen LogP contribution in [0.25, 0.3) is 16.8 Å². The van der Waals surface area contributed by atoms with Crippen LogP contribution < -0.4 is 10.1 Å². The number of likely N-dealkylation sites (N-methyl/N-ethyl adjacent to an activating group) is 1. The molecule has 2 heterocycles. The van der Waals surface area contributed by atoms with Crippen molar-refractivity contribution in [2.45, 2.75) is 73.4 Å². The lowest BCUT2D eigenvalue weighted by atomic mass is 9.96. The third-order valence-corrected chi connectivity index (χ3v) is 8.60. The highest BCUT2D eigenvalue weighted by Gasteiger charge is 2.20. The van der Waals surface area contributed by atoms with Crippen LogP contribution in [0.1, 0.15) is 71.9 Å². The molecule has 0 saturated heterocycles. The molecule has 2 aromatic rings. The lowest BCUT2D eigenvalue weighted by molar-refractivity contribution is 0.183. The van der Waals surface area contributed by atoms with Crippen LogP contribution in [0, 0.1) is 11.8 Å². The van der Waals surface area contributed by atoms with Crippen molar-refractivity contribution >= 4 is 17.6 Å². The van der Waals surface area contributed by atoms with Gasteiger partial charge < -0.3 is 20.1 Å². The Morgan fingerprint density at radius 3 is 2.41 bits per heavy atom. The van der Waals surface area contributed by atoms with Crippen LogP contribution in [0.15, 0.2) is 94.9 Å². The van der Waals surface area contributed by atoms with Crippen molar-refractivity contribution in [3.8, 4) is 16.9 Å². The number of benzene rings is 2. The smallest absolute Gasteiger partial charge is 0.122 e. The predicted molar refractivity (Wildman–Crippen MR) is 188 cm³/mol. The zero-order valence-electron chi connectivity index (χ0n) is 27.8. The quantitative estimate of drug-likeness (QED) is 0.258. The molecule has 2 aliphatic rings. The van der Waals surface area contributed by atoms with Crippen LogP contribution in [0.3, 0.4) is 0 Å². The van der Waals surface area contributed by atoms with E-state index in [-0.39, 0.29) is 12.8 Å². The van der Waals surface area contributed by atoms with Gasteiger partial charge in [0.15, 0.2) is 0 Å². The van der Waals surface area contributed by atoms with Gasteiger partial charge in [0.2, 0.25) is 0 Å². The topological polar surface area (TPSA) is 69.5 Å². The van der Waals surface area contributed by atoms with Crippen LogP contribution in [0.4, 0.5) is 0 Å². The summed E-state index contributed by atoms with van der Waals surface area (Å²) >= 11 is 0. The van der Waals surface area contributed by atoms with Gasteiger partial charge in [0, 0.05) is 25.7 Å². The summed E-state index contributed by atoms with van der Waals surface area (Å²) in [4.78, 5) is 10.6. The fourth-order valence-electron chi connectivity index (χ4n) is 4.98. The second kappa shape index (κ2) is 17.4. The van der Waals surface area contributed by atoms with Gasteiger partial charge in [0.05, 0.1) is 30.3 Å². The fraction of sp³-hybridized carbons (Fsp3) is 0.421. The number of hydrogen-bond donors (Lipinski definition) is 2. The third-order valence-electron chi connectivity index (χ3n) is 8.60. The molecule has 2 N–H and O–H groups in total. The van der Waals surface area contributed by atoms with Crippen molar-refractivity contribution in [2.75, 3.05) is 20.3 Å². The van der Waals surface area contributed by atoms with E-state index in [1.54, 1.807) is 6.20 Å². The van der Waals surface area contributed by atoms with E-state index in [0.29, 0.717) is 11.8 Å². The Labute approximate surface area is 265 Å². The van der Waals surface area contributed by atoms with Gasteiger partial charge in [0.1, 0.15) is 11.9 Å². The Kier molecular flexibility index (Phi) is 13.7. The number of nitrogens with one attached hydrogen (secondary N) is 1. The molecule has 2 aliphatic heterocycles. The summed E-state index contributed by atoms with van der Waals surface area (Å²) in [6, 6.07) is 15.1. The molecule has 4 rings (SSSR count). The maximum Gasteiger partial charge on any atom is 0.122 e. The molecule has 3 atom stereocenters. The lowest BCUT2D eigenvalue weighted by Crippen LogP contribution is -2.36. The SMILES string of the molecule is C=CN=C1C=CC=N/C1=C(\C)C(C)CC.CCc1cc(-c2ccc(C3=CN(C)C(CO)N3)cc2)ccc1OCCC(C)CC. The third kappa shape index (κ3) is 9.30. The summed E-state index contributed by atoms with van der Waals surface area (Å²) in [6.45, 7) is 17.7. The number of aliphatic hydroxyl groups excluding tert-OH is 1. The van der Waals surface area contributed by atoms with E-state index >= 15 is 0 Å². The summed E-state index contributed by atoms with van der Waals surface area (Å²) in [5.74, 6) is 2.25. The van der Waals surface area contributed by atoms with Gasteiger partial charge in [-0.05, 0) is 90.1 Å². The number of aliphatic imine (C=N–C) groups is 2. The molecule has 44 heavy (non-hydrogen) atoms. The highest BCUT2D eigenvalue weighted by Crippen LogP contribution is 2.29. The summed E-state index contributed by atoms with van der Waals surface area (Å²) < 4.78 is 6.07. The van der Waals surface area contributed by atoms with E-state index in [9.17, 15) is 5.11 Å². The summed E-state index contributed by atoms with van der Waals surface area (Å²) in [5, 5.41) is 12.8. The molecule has 3 unspecified atom stereocenters. The normalized spacial score (nSPS) is 19.1. The highest BCUT2D eigenvalue weighted by molar-refractivity contribution is 6.13. The number of allylic oxidation sites excluding steroid dienone is 3. The molecule has 6 nitrogen and oxygen atoms in total. The molecular formula is C38H52N4O2. The highest BCUT2D eigenvalue weighted by atomic mass is 16.5. The summed E-state index contributed by atoms with van der Waals surface area (Å²) in [5.41, 5.74) is 9.01. The van der Waals surface area contributed by atoms with Crippen LogP contribution in [-0.2, 0) is 6.42 Å². The van der Waals surface area contributed by atoms with E-state index in [1.807, 2.05) is 36.5 Å². The zero-order chi connectivity index (χ0) is 32.1. The molecule has 0 amide bonds. The molecule has 0 fully saturated rings. The number of rotatable bonds is 12. The Bertz CT molecular complexity index is 1380. The number of hydrogen-bond acceptors (Lipinski definition) is 6. The Balaban J connectivity index is 0.000000297. The van der Waals surface area contributed by atoms with Gasteiger partial charge in [-0.3, -0.25) is 9.98 Å². The second-order valence-electron chi connectivity index (χ2n) is 11.6. The van der Waals surface area contributed by atoms with Gasteiger partial charge >= 0.3 is 0 Å². The van der Waals surface area contributed by atoms with Crippen molar-refractivity contribution in [2.24, 2.45) is 21.8 Å². The molecule has 236 valence electrons. The molecule has 0 aliphatic carbocycles. The van der Waals surface area contributed by atoms with Gasteiger partial charge in [0.25, 0.3) is 0 Å². The standard InChI is InChI=1S/C25H34N2O2.C13H18N2/c1-5-18(3)13-14-29-24-12-11-22(15-19(24)6-2)20-7-9-21(10-8-20)23-16-27(4)25(17-28)26-23;1-5-10(3)11(4)13-12(14-6-2)8-7-9-15-13/h7-12,15-16,18,25-26,28H,5-6,13-14,17H2,1-4H3;6-10H,2,5H2,1,3-4H3/b;13-11+,14-12?. The minimum Gasteiger partial charge on any atom is -0.493 e. The van der Waals surface area contributed by atoms with Crippen LogP contribution in [0.5, 0.6) is 5.75 Å². The number of dihydropyridines is 1. The minimum absolute atomic E-state index is 0.0513. The number of aliphatic hydroxyl groups is 1. The molecular weight excluding hydrogens is 544 g/mol. The largest absolute Gasteiger partial charge is 0.493 e. The minimum atomic E-state index is -0.0513. The van der Waals surface area contributed by atoms with Crippen molar-refractivity contribution in [3.05, 3.63) is 96.0 Å². The van der Waals surface area contributed by atoms with Gasteiger partial charge in [-0.25, -0.2) is 0 Å². The predicted octanol–water partition coefficient (Wildman–Crippen LogP) is 8.41. The zero-order valence-corrected chi connectivity index (χ0v) is 27.8. The Morgan fingerprint density at radius 1 is 1.09 bits per heavy atom. The molecule has 2 aromatic carbocycles. The molecule has 0 saturated carbocycles. The maximum atomic E-state index is 9.41. The molecule has 0 spiro atoms. The van der Waals surface area contributed by atoms with Crippen molar-refractivity contribution < 1.29 is 9.84 Å². The fourth-order valence-corrected chi connectivity index (χ4v) is 4.98. The molecule has 6 heteroatoms. The number of aryl methyl sites for hydroxylation is 1. The Hall–Kier alpha value is -3.90. The van der Waals surface area contributed by atoms with E-state index < -0.39 is 0 Å². The van der Waals surface area contributed by atoms with Crippen molar-refractivity contribution in [3.63, 3.8) is 0 Å². The van der Waals surface area contributed by atoms with Crippen molar-refractivity contribution in [1.82, 2.24) is 10.2 Å². The van der Waals surface area contributed by atoms with E-state index in [2.05, 4.69) is 106 Å². The monoisotopic (exact) mass is 596 g/mol. The first kappa shape index (κ1) is 34.6. The van der Waals surface area contributed by atoms with Crippen LogP contribution in [0.2, 0.25) is 0 Å². The molecule has 0 aromatic heterocycles. The first-order chi connectivity index (χ1) is 21.3. The first-order valence-electron chi connectivity index (χ1n) is 16.0. The van der Waals surface area contributed by atoms with E-state index in [4.69, 9.17) is 4.74 Å². The number of ether oxygens (including phenoxy) is 1. The first-order valence-corrected chi connectivity index (χ1v) is 16.0. The molecule has 0 radical (unpaired) electrons. The van der Waals surface area contributed by atoms with E-state index in [1.165, 1.54) is 28.7 Å². The second-order valence-corrected chi connectivity index (χ2v) is 11.6. The van der Waals surface area contributed by atoms with Crippen LogP contribution in [-0.4, -0.2) is 48.4 Å². The van der Waals surface area contributed by atoms with Gasteiger partial charge in [-0.1, -0.05) is 78.0 Å². The average molecular weight is 597 g/mol. The lowest BCUT2D eigenvalue weighted by Gasteiger charge is -2.18. The average Bonchev–Trinajstić information content (AvgIpc) is 3.45. The summed E-state index contributed by atoms with van der Waals surface area (Å²) in [7, 11) is 1.97. The van der Waals surface area contributed by atoms with Gasteiger partial charge in [-0.15, -0.1) is 0 Å². The van der Waals surface area contributed by atoms with Crippen molar-refractivity contribution in [1.29, 1.82) is 0 Å². The van der Waals surface area contributed by atoms with E-state index in [0.717, 1.165) is 54.3 Å². The number of nitrogens with zero attached hydrogens (tertiary/aromatic N) is 3. The van der Waals surface area contributed by atoms with Gasteiger partial charge in [-0.2, -0.15) is 0 Å². The Morgan fingerprint density at radius 2 is 1.80 bits per heavy atom. The maximum absolute atomic E-state index is 9.41. The molecule has 0 bridgehead atoms.